The first-order valence-corrected chi connectivity index (χ1v) is 6.68. The van der Waals surface area contributed by atoms with E-state index < -0.39 is 0 Å². The van der Waals surface area contributed by atoms with Gasteiger partial charge in [0.25, 0.3) is 0 Å². The molecule has 0 unspecified atom stereocenters. The van der Waals surface area contributed by atoms with Gasteiger partial charge in [-0.25, -0.2) is 0 Å². The average Bonchev–Trinajstić information content (AvgIpc) is 2.61. The van der Waals surface area contributed by atoms with Crippen molar-refractivity contribution >= 4 is 11.8 Å². The van der Waals surface area contributed by atoms with E-state index in [1.165, 1.54) is 21.6 Å². The van der Waals surface area contributed by atoms with Crippen LogP contribution in [0.25, 0.3) is 0 Å². The lowest BCUT2D eigenvalue weighted by atomic mass is 10.1. The zero-order chi connectivity index (χ0) is 12.4. The lowest BCUT2D eigenvalue weighted by molar-refractivity contribution is 0.392. The highest BCUT2D eigenvalue weighted by atomic mass is 32.2. The second kappa shape index (κ2) is 4.96. The maximum Gasteiger partial charge on any atom is 0.137 e. The Kier molecular flexibility index (Phi) is 3.57. The number of aryl methyl sites for hydroxylation is 4. The van der Waals surface area contributed by atoms with Crippen LogP contribution in [-0.2, 0) is 5.75 Å². The zero-order valence-electron chi connectivity index (χ0n) is 10.7. The van der Waals surface area contributed by atoms with Gasteiger partial charge in [-0.15, -0.1) is 11.8 Å². The first-order valence-electron chi connectivity index (χ1n) is 5.69. The van der Waals surface area contributed by atoms with Crippen LogP contribution in [0.15, 0.2) is 27.6 Å². The molecule has 0 aliphatic rings. The van der Waals surface area contributed by atoms with E-state index >= 15 is 0 Å². The molecule has 0 N–H and O–H groups in total. The Morgan fingerprint density at radius 1 is 1.12 bits per heavy atom. The van der Waals surface area contributed by atoms with E-state index in [0.717, 1.165) is 17.2 Å². The van der Waals surface area contributed by atoms with Crippen LogP contribution in [0, 0.1) is 27.7 Å². The summed E-state index contributed by atoms with van der Waals surface area (Å²) >= 11 is 1.83. The molecule has 0 radical (unpaired) electrons. The molecule has 0 fully saturated rings. The van der Waals surface area contributed by atoms with Gasteiger partial charge in [-0.1, -0.05) is 11.2 Å². The molecule has 0 bridgehead atoms. The Hall–Kier alpha value is -1.22. The third kappa shape index (κ3) is 2.72. The lowest BCUT2D eigenvalue weighted by Gasteiger charge is -2.04. The summed E-state index contributed by atoms with van der Waals surface area (Å²) in [6, 6.07) is 6.58. The third-order valence-electron chi connectivity index (χ3n) is 3.04. The Bertz CT molecular complexity index is 512. The first kappa shape index (κ1) is 12.2. The van der Waals surface area contributed by atoms with Crippen LogP contribution in [0.1, 0.15) is 28.1 Å². The van der Waals surface area contributed by atoms with E-state index in [1.807, 2.05) is 25.6 Å². The monoisotopic (exact) mass is 247 g/mol. The van der Waals surface area contributed by atoms with Crippen molar-refractivity contribution in [3.63, 3.8) is 0 Å². The molecule has 90 valence electrons. The van der Waals surface area contributed by atoms with Gasteiger partial charge in [-0.2, -0.15) is 0 Å². The summed E-state index contributed by atoms with van der Waals surface area (Å²) in [6.45, 7) is 8.25. The fourth-order valence-electron chi connectivity index (χ4n) is 1.67. The molecule has 2 rings (SSSR count). The highest BCUT2D eigenvalue weighted by Crippen LogP contribution is 2.27. The van der Waals surface area contributed by atoms with E-state index in [4.69, 9.17) is 4.52 Å². The first-order chi connectivity index (χ1) is 8.08. The van der Waals surface area contributed by atoms with Gasteiger partial charge in [-0.3, -0.25) is 0 Å². The van der Waals surface area contributed by atoms with E-state index in [9.17, 15) is 0 Å². The molecule has 0 aliphatic carbocycles. The van der Waals surface area contributed by atoms with Gasteiger partial charge in [0.1, 0.15) is 5.76 Å². The molecule has 2 aromatic rings. The SMILES string of the molecule is Cc1ccc(SCc2c(C)noc2C)cc1C. The Labute approximate surface area is 106 Å². The van der Waals surface area contributed by atoms with Crippen LogP contribution in [-0.4, -0.2) is 5.16 Å². The standard InChI is InChI=1S/C14H17NOS/c1-9-5-6-13(7-10(9)2)17-8-14-11(3)15-16-12(14)4/h5-7H,8H2,1-4H3. The predicted octanol–water partition coefficient (Wildman–Crippen LogP) is 4.20. The number of thioether (sulfide) groups is 1. The van der Waals surface area contributed by atoms with Gasteiger partial charge in [0.2, 0.25) is 0 Å². The molecule has 0 amide bonds. The number of hydrogen-bond donors (Lipinski definition) is 0. The molecular weight excluding hydrogens is 230 g/mol. The quantitative estimate of drug-likeness (QED) is 0.760. The van der Waals surface area contributed by atoms with Crippen molar-refractivity contribution in [2.45, 2.75) is 38.3 Å². The molecule has 3 heteroatoms. The van der Waals surface area contributed by atoms with Crippen molar-refractivity contribution in [2.75, 3.05) is 0 Å². The number of benzene rings is 1. The average molecular weight is 247 g/mol. The van der Waals surface area contributed by atoms with Gasteiger partial charge in [-0.05, 0) is 51.0 Å². The maximum atomic E-state index is 5.16. The van der Waals surface area contributed by atoms with Gasteiger partial charge in [0.15, 0.2) is 0 Å². The summed E-state index contributed by atoms with van der Waals surface area (Å²) < 4.78 is 5.16. The van der Waals surface area contributed by atoms with Gasteiger partial charge >= 0.3 is 0 Å². The molecule has 1 aromatic heterocycles. The Balaban J connectivity index is 2.10. The van der Waals surface area contributed by atoms with Crippen molar-refractivity contribution in [3.8, 4) is 0 Å². The fraction of sp³-hybridized carbons (Fsp3) is 0.357. The Morgan fingerprint density at radius 3 is 2.47 bits per heavy atom. The normalized spacial score (nSPS) is 10.8. The van der Waals surface area contributed by atoms with Crippen molar-refractivity contribution < 1.29 is 4.52 Å². The highest BCUT2D eigenvalue weighted by Gasteiger charge is 2.09. The van der Waals surface area contributed by atoms with Gasteiger partial charge in [0.05, 0.1) is 5.69 Å². The molecule has 0 saturated carbocycles. The molecule has 0 spiro atoms. The minimum Gasteiger partial charge on any atom is -0.361 e. The largest absolute Gasteiger partial charge is 0.361 e. The zero-order valence-corrected chi connectivity index (χ0v) is 11.5. The van der Waals surface area contributed by atoms with Crippen LogP contribution >= 0.6 is 11.8 Å². The van der Waals surface area contributed by atoms with Crippen LogP contribution in [0.4, 0.5) is 0 Å². The van der Waals surface area contributed by atoms with Gasteiger partial charge < -0.3 is 4.52 Å². The Morgan fingerprint density at radius 2 is 1.88 bits per heavy atom. The summed E-state index contributed by atoms with van der Waals surface area (Å²) in [6.07, 6.45) is 0. The molecule has 1 aromatic carbocycles. The number of nitrogens with zero attached hydrogens (tertiary/aromatic N) is 1. The molecule has 2 nitrogen and oxygen atoms in total. The summed E-state index contributed by atoms with van der Waals surface area (Å²) in [4.78, 5) is 1.30. The van der Waals surface area contributed by atoms with Crippen LogP contribution in [0.3, 0.4) is 0 Å². The number of aromatic nitrogens is 1. The molecule has 1 heterocycles. The molecule has 0 atom stereocenters. The smallest absolute Gasteiger partial charge is 0.137 e. The highest BCUT2D eigenvalue weighted by molar-refractivity contribution is 7.98. The number of hydrogen-bond acceptors (Lipinski definition) is 3. The molecule has 0 aliphatic heterocycles. The van der Waals surface area contributed by atoms with E-state index in [1.54, 1.807) is 0 Å². The fourth-order valence-corrected chi connectivity index (χ4v) is 2.81. The van der Waals surface area contributed by atoms with E-state index in [0.29, 0.717) is 0 Å². The predicted molar refractivity (Wildman–Crippen MR) is 71.5 cm³/mol. The topological polar surface area (TPSA) is 26.0 Å². The van der Waals surface area contributed by atoms with E-state index in [2.05, 4.69) is 37.2 Å². The van der Waals surface area contributed by atoms with Gasteiger partial charge in [0, 0.05) is 16.2 Å². The third-order valence-corrected chi connectivity index (χ3v) is 4.06. The lowest BCUT2D eigenvalue weighted by Crippen LogP contribution is -1.86. The summed E-state index contributed by atoms with van der Waals surface area (Å²) in [5.74, 6) is 1.85. The van der Waals surface area contributed by atoms with Crippen LogP contribution < -0.4 is 0 Å². The van der Waals surface area contributed by atoms with Crippen LogP contribution in [0.5, 0.6) is 0 Å². The van der Waals surface area contributed by atoms with Crippen molar-refractivity contribution in [1.82, 2.24) is 5.16 Å². The molecule has 17 heavy (non-hydrogen) atoms. The molecule has 0 saturated heterocycles. The molecular formula is C14H17NOS. The number of rotatable bonds is 3. The summed E-state index contributed by atoms with van der Waals surface area (Å²) in [7, 11) is 0. The summed E-state index contributed by atoms with van der Waals surface area (Å²) in [5.41, 5.74) is 4.90. The van der Waals surface area contributed by atoms with Crippen molar-refractivity contribution in [3.05, 3.63) is 46.3 Å². The minimum atomic E-state index is 0.920. The second-order valence-corrected chi connectivity index (χ2v) is 5.39. The maximum absolute atomic E-state index is 5.16. The minimum absolute atomic E-state index is 0.920. The second-order valence-electron chi connectivity index (χ2n) is 4.34. The van der Waals surface area contributed by atoms with Crippen LogP contribution in [0.2, 0.25) is 0 Å². The van der Waals surface area contributed by atoms with Crippen molar-refractivity contribution in [2.24, 2.45) is 0 Å². The van der Waals surface area contributed by atoms with Crippen molar-refractivity contribution in [1.29, 1.82) is 0 Å². The van der Waals surface area contributed by atoms with E-state index in [-0.39, 0.29) is 0 Å². The summed E-state index contributed by atoms with van der Waals surface area (Å²) in [5, 5.41) is 3.97.